The van der Waals surface area contributed by atoms with Crippen LogP contribution in [0, 0.1) is 0 Å². The minimum absolute atomic E-state index is 0. The third-order valence-corrected chi connectivity index (χ3v) is 6.94. The highest BCUT2D eigenvalue weighted by molar-refractivity contribution is 9.10. The number of aromatic nitrogens is 6. The molecule has 0 spiro atoms. The van der Waals surface area contributed by atoms with Crippen molar-refractivity contribution in [3.63, 3.8) is 0 Å². The molecule has 0 atom stereocenters. The van der Waals surface area contributed by atoms with E-state index >= 15 is 0 Å². The van der Waals surface area contributed by atoms with Crippen molar-refractivity contribution in [2.45, 2.75) is 7.43 Å². The highest BCUT2D eigenvalue weighted by Gasteiger charge is 2.17. The van der Waals surface area contributed by atoms with Gasteiger partial charge in [0.15, 0.2) is 0 Å². The number of aliphatic imine (C=N–C) groups is 2. The molecule has 1 aliphatic heterocycles. The second kappa shape index (κ2) is 18.9. The summed E-state index contributed by atoms with van der Waals surface area (Å²) in [5, 5.41) is 42.2. The molecule has 3 aromatic carbocycles. The number of hydrogen-bond acceptors (Lipinski definition) is 9. The first-order valence-corrected chi connectivity index (χ1v) is 14.4. The summed E-state index contributed by atoms with van der Waals surface area (Å²) < 4.78 is 1.85. The first-order valence-electron chi connectivity index (χ1n) is 12.5. The monoisotopic (exact) mass is 764 g/mol. The van der Waals surface area contributed by atoms with Crippen LogP contribution in [0.15, 0.2) is 93.8 Å². The average Bonchev–Trinajstić information content (AvgIpc) is 3.83. The third-order valence-electron chi connectivity index (χ3n) is 5.33. The number of rotatable bonds is 5. The summed E-state index contributed by atoms with van der Waals surface area (Å²) in [6.45, 7) is 0.639. The minimum Gasteiger partial charge on any atom is -0.478 e. The summed E-state index contributed by atoms with van der Waals surface area (Å²) in [4.78, 5) is 41.2. The molecule has 2 aromatic heterocycles. The molecule has 3 heterocycles. The smallest absolute Gasteiger partial charge is 0.339 e. The molecule has 0 unspecified atom stereocenters. The fourth-order valence-electron chi connectivity index (χ4n) is 3.42. The van der Waals surface area contributed by atoms with Crippen molar-refractivity contribution in [3.05, 3.63) is 116 Å². The number of aromatic carboxylic acids is 3. The van der Waals surface area contributed by atoms with Crippen molar-refractivity contribution < 1.29 is 29.7 Å². The first kappa shape index (κ1) is 38.2. The maximum atomic E-state index is 11.0. The van der Waals surface area contributed by atoms with Gasteiger partial charge in [0.05, 0.1) is 51.1 Å². The molecule has 5 aromatic rings. The quantitative estimate of drug-likeness (QED) is 0.172. The number of carbonyl (C=O) groups is 3. The van der Waals surface area contributed by atoms with Gasteiger partial charge >= 0.3 is 17.9 Å². The van der Waals surface area contributed by atoms with Crippen LogP contribution in [0.25, 0.3) is 11.4 Å². The van der Waals surface area contributed by atoms with E-state index in [1.54, 1.807) is 55.0 Å². The van der Waals surface area contributed by atoms with Crippen molar-refractivity contribution in [1.82, 2.24) is 30.0 Å². The molecule has 14 nitrogen and oxygen atoms in total. The Hall–Kier alpha value is -4.96. The van der Waals surface area contributed by atoms with Crippen LogP contribution in [0.2, 0.25) is 15.1 Å². The van der Waals surface area contributed by atoms with Crippen LogP contribution in [0.3, 0.4) is 0 Å². The van der Waals surface area contributed by atoms with Gasteiger partial charge in [-0.15, -0.1) is 5.10 Å². The molecular formula is C29H24BrCl3N8O6. The van der Waals surface area contributed by atoms with Gasteiger partial charge in [-0.25, -0.2) is 19.1 Å². The van der Waals surface area contributed by atoms with Crippen molar-refractivity contribution in [1.29, 1.82) is 0 Å². The van der Waals surface area contributed by atoms with Gasteiger partial charge in [-0.05, 0) is 52.3 Å². The van der Waals surface area contributed by atoms with E-state index in [1.807, 2.05) is 0 Å². The molecule has 6 rings (SSSR count). The molecule has 1 aliphatic rings. The second-order valence-electron chi connectivity index (χ2n) is 8.25. The van der Waals surface area contributed by atoms with Gasteiger partial charge in [0.1, 0.15) is 23.5 Å². The van der Waals surface area contributed by atoms with E-state index in [9.17, 15) is 14.4 Å². The average molecular weight is 767 g/mol. The Labute approximate surface area is 290 Å². The number of hydrogen-bond donors (Lipinski definition) is 3. The minimum atomic E-state index is -1.10. The summed E-state index contributed by atoms with van der Waals surface area (Å²) >= 11 is 20.3. The number of benzene rings is 3. The zero-order valence-electron chi connectivity index (χ0n) is 23.0. The zero-order valence-corrected chi connectivity index (χ0v) is 26.9. The Morgan fingerprint density at radius 3 is 1.55 bits per heavy atom. The lowest BCUT2D eigenvalue weighted by molar-refractivity contribution is 0.0685. The van der Waals surface area contributed by atoms with E-state index in [-0.39, 0.29) is 39.2 Å². The molecule has 47 heavy (non-hydrogen) atoms. The topological polar surface area (TPSA) is 198 Å². The molecule has 0 radical (unpaired) electrons. The SMILES string of the molecule is C.C1=NCN=C1.O=C(O)c1c(Cl)cccc1-n1ccnn1.O=C(O)c1c(Cl)cccc1-n1nccn1.O=C(O)c1c(Cl)cccc1Br. The predicted octanol–water partition coefficient (Wildman–Crippen LogP) is 6.77. The molecule has 3 N–H and O–H groups in total. The summed E-state index contributed by atoms with van der Waals surface area (Å²) in [5.74, 6) is -3.22. The van der Waals surface area contributed by atoms with Gasteiger partial charge in [0.2, 0.25) is 0 Å². The molecule has 0 fully saturated rings. The fourth-order valence-corrected chi connectivity index (χ4v) is 4.83. The Balaban J connectivity index is 0.000000228. The standard InChI is InChI=1S/2C9H6ClN3O2.C7H4BrClO2.C3H4N2.CH4/c10-6-2-1-3-7(8(6)9(14)15)13-5-4-11-12-13;10-6-2-1-3-7(8(6)9(14)15)13-11-4-5-12-13;8-4-2-1-3-5(9)6(4)7(10)11;1-2-5-3-4-1;/h2*1-5H,(H,14,15);1-3H,(H,10,11);1-2H,3H2;1H4. The van der Waals surface area contributed by atoms with E-state index < -0.39 is 17.9 Å². The first-order chi connectivity index (χ1) is 22.0. The highest BCUT2D eigenvalue weighted by Crippen LogP contribution is 2.25. The van der Waals surface area contributed by atoms with Crippen molar-refractivity contribution >= 4 is 81.1 Å². The Kier molecular flexibility index (Phi) is 15.4. The maximum absolute atomic E-state index is 11.0. The van der Waals surface area contributed by atoms with Crippen LogP contribution in [-0.4, -0.2) is 82.3 Å². The van der Waals surface area contributed by atoms with E-state index in [0.717, 1.165) is 0 Å². The van der Waals surface area contributed by atoms with Gasteiger partial charge in [-0.2, -0.15) is 15.0 Å². The Morgan fingerprint density at radius 1 is 0.681 bits per heavy atom. The van der Waals surface area contributed by atoms with Crippen molar-refractivity contribution in [2.75, 3.05) is 6.67 Å². The zero-order chi connectivity index (χ0) is 33.6. The van der Waals surface area contributed by atoms with E-state index in [1.165, 1.54) is 46.3 Å². The van der Waals surface area contributed by atoms with Crippen LogP contribution in [0.4, 0.5) is 0 Å². The molecule has 0 saturated carbocycles. The molecule has 0 aliphatic carbocycles. The molecule has 0 saturated heterocycles. The van der Waals surface area contributed by atoms with E-state index in [0.29, 0.717) is 22.5 Å². The van der Waals surface area contributed by atoms with Gasteiger partial charge in [0, 0.05) is 16.9 Å². The molecule has 0 bridgehead atoms. The molecule has 244 valence electrons. The summed E-state index contributed by atoms with van der Waals surface area (Å²) in [5.41, 5.74) is 0.863. The van der Waals surface area contributed by atoms with Crippen molar-refractivity contribution in [2.24, 2.45) is 9.98 Å². The lowest BCUT2D eigenvalue weighted by atomic mass is 10.2. The molecule has 0 amide bonds. The number of carboxylic acid groups (broad SMARTS) is 3. The van der Waals surface area contributed by atoms with Gasteiger partial charge in [-0.1, -0.05) is 65.6 Å². The summed E-state index contributed by atoms with van der Waals surface area (Å²) in [6, 6.07) is 14.4. The normalized spacial score (nSPS) is 10.6. The Bertz CT molecular complexity index is 1750. The number of nitrogens with zero attached hydrogens (tertiary/aromatic N) is 8. The van der Waals surface area contributed by atoms with Crippen LogP contribution >= 0.6 is 50.7 Å². The largest absolute Gasteiger partial charge is 0.478 e. The van der Waals surface area contributed by atoms with Gasteiger partial charge in [-0.3, -0.25) is 9.98 Å². The third kappa shape index (κ3) is 10.8. The van der Waals surface area contributed by atoms with E-state index in [2.05, 4.69) is 46.4 Å². The van der Waals surface area contributed by atoms with Crippen molar-refractivity contribution in [3.8, 4) is 11.4 Å². The van der Waals surface area contributed by atoms with E-state index in [4.69, 9.17) is 50.1 Å². The van der Waals surface area contributed by atoms with Crippen LogP contribution in [0.5, 0.6) is 0 Å². The van der Waals surface area contributed by atoms with Gasteiger partial charge < -0.3 is 15.3 Å². The Morgan fingerprint density at radius 2 is 1.15 bits per heavy atom. The molecule has 18 heteroatoms. The van der Waals surface area contributed by atoms with Gasteiger partial charge in [0.25, 0.3) is 0 Å². The van der Waals surface area contributed by atoms with Crippen LogP contribution in [0.1, 0.15) is 38.5 Å². The predicted molar refractivity (Wildman–Crippen MR) is 181 cm³/mol. The summed E-state index contributed by atoms with van der Waals surface area (Å²) in [6.07, 6.45) is 9.34. The maximum Gasteiger partial charge on any atom is 0.339 e. The fraction of sp³-hybridized carbons (Fsp3) is 0.0690. The number of halogens is 4. The highest BCUT2D eigenvalue weighted by atomic mass is 79.9. The lowest BCUT2D eigenvalue weighted by Crippen LogP contribution is -2.08. The number of carboxylic acids is 3. The summed E-state index contributed by atoms with van der Waals surface area (Å²) in [7, 11) is 0. The second-order valence-corrected chi connectivity index (χ2v) is 10.3. The lowest BCUT2D eigenvalue weighted by Gasteiger charge is -2.06. The van der Waals surface area contributed by atoms with Crippen LogP contribution < -0.4 is 0 Å². The molecular weight excluding hydrogens is 743 g/mol. The van der Waals surface area contributed by atoms with Crippen LogP contribution in [-0.2, 0) is 0 Å².